The van der Waals surface area contributed by atoms with Gasteiger partial charge in [0.2, 0.25) is 5.91 Å². The summed E-state index contributed by atoms with van der Waals surface area (Å²) in [7, 11) is 1.49. The van der Waals surface area contributed by atoms with Crippen LogP contribution in [0.4, 0.5) is 5.69 Å². The molecular weight excluding hydrogens is 478 g/mol. The average Bonchev–Trinajstić information content (AvgIpc) is 3.05. The third kappa shape index (κ3) is 3.90. The number of carbonyl (C=O) groups is 2. The summed E-state index contributed by atoms with van der Waals surface area (Å²) in [5.74, 6) is 0.0770. The van der Waals surface area contributed by atoms with E-state index >= 15 is 0 Å². The monoisotopic (exact) mass is 505 g/mol. The normalized spacial score (nSPS) is 19.9. The lowest BCUT2D eigenvalue weighted by atomic mass is 9.76. The Hall–Kier alpha value is -3.51. The maximum Gasteiger partial charge on any atom is 0.336 e. The third-order valence-corrected chi connectivity index (χ3v) is 7.59. The smallest absolute Gasteiger partial charge is 0.336 e. The van der Waals surface area contributed by atoms with Crippen molar-refractivity contribution in [3.63, 3.8) is 0 Å². The van der Waals surface area contributed by atoms with Gasteiger partial charge in [0.25, 0.3) is 0 Å². The molecule has 0 aliphatic carbocycles. The minimum Gasteiger partial charge on any atom is -0.497 e. The quantitative estimate of drug-likeness (QED) is 0.460. The number of aromatic carboxylic acids is 1. The Kier molecular flexibility index (Phi) is 5.75. The second kappa shape index (κ2) is 8.56. The van der Waals surface area contributed by atoms with Gasteiger partial charge in [0.15, 0.2) is 0 Å². The van der Waals surface area contributed by atoms with Gasteiger partial charge in [-0.15, -0.1) is 0 Å². The number of rotatable bonds is 5. The summed E-state index contributed by atoms with van der Waals surface area (Å²) in [4.78, 5) is 27.8. The lowest BCUT2D eigenvalue weighted by molar-refractivity contribution is -0.121. The molecule has 6 nitrogen and oxygen atoms in total. The van der Waals surface area contributed by atoms with Crippen LogP contribution in [0.5, 0.6) is 11.5 Å². The van der Waals surface area contributed by atoms with Crippen molar-refractivity contribution in [2.45, 2.75) is 51.2 Å². The molecule has 2 aliphatic heterocycles. The molecule has 36 heavy (non-hydrogen) atoms. The number of ether oxygens (including phenoxy) is 2. The Bertz CT molecular complexity index is 1400. The molecule has 5 rings (SSSR count). The highest BCUT2D eigenvalue weighted by Crippen LogP contribution is 2.49. The molecule has 0 bridgehead atoms. The van der Waals surface area contributed by atoms with Gasteiger partial charge >= 0.3 is 5.97 Å². The summed E-state index contributed by atoms with van der Waals surface area (Å²) in [5, 5.41) is 10.3. The molecule has 0 saturated carbocycles. The van der Waals surface area contributed by atoms with Gasteiger partial charge in [0.05, 0.1) is 24.6 Å². The van der Waals surface area contributed by atoms with E-state index in [0.717, 1.165) is 35.3 Å². The van der Waals surface area contributed by atoms with Gasteiger partial charge in [0, 0.05) is 10.7 Å². The molecule has 2 heterocycles. The van der Waals surface area contributed by atoms with Crippen LogP contribution in [0.3, 0.4) is 0 Å². The number of halogens is 1. The molecule has 0 saturated heterocycles. The van der Waals surface area contributed by atoms with E-state index in [4.69, 9.17) is 21.1 Å². The van der Waals surface area contributed by atoms with Crippen molar-refractivity contribution in [1.29, 1.82) is 0 Å². The van der Waals surface area contributed by atoms with Gasteiger partial charge in [-0.25, -0.2) is 4.79 Å². The molecule has 1 atom stereocenters. The summed E-state index contributed by atoms with van der Waals surface area (Å²) in [5.41, 5.74) is 2.84. The maximum absolute atomic E-state index is 14.2. The first-order chi connectivity index (χ1) is 17.0. The van der Waals surface area contributed by atoms with Crippen molar-refractivity contribution in [3.8, 4) is 11.5 Å². The number of carboxylic acid groups (broad SMARTS) is 1. The number of hydrogen-bond acceptors (Lipinski definition) is 4. The van der Waals surface area contributed by atoms with Crippen LogP contribution in [0.2, 0.25) is 5.02 Å². The highest BCUT2D eigenvalue weighted by Gasteiger charge is 2.49. The van der Waals surface area contributed by atoms with E-state index in [9.17, 15) is 14.7 Å². The lowest BCUT2D eigenvalue weighted by Crippen LogP contribution is -2.39. The van der Waals surface area contributed by atoms with Gasteiger partial charge in [-0.1, -0.05) is 29.8 Å². The lowest BCUT2D eigenvalue weighted by Gasteiger charge is -2.34. The molecule has 0 radical (unpaired) electrons. The first-order valence-corrected chi connectivity index (χ1v) is 12.3. The molecular formula is C29H28ClNO5. The predicted octanol–water partition coefficient (Wildman–Crippen LogP) is 6.00. The fraction of sp³-hybridized carbons (Fsp3) is 0.310. The van der Waals surface area contributed by atoms with Crippen LogP contribution in [-0.2, 0) is 23.2 Å². The van der Waals surface area contributed by atoms with Crippen molar-refractivity contribution in [2.75, 3.05) is 12.0 Å². The van der Waals surface area contributed by atoms with E-state index in [1.807, 2.05) is 31.2 Å². The number of nitrogens with zero attached hydrogens (tertiary/aromatic N) is 1. The van der Waals surface area contributed by atoms with Crippen molar-refractivity contribution in [2.24, 2.45) is 0 Å². The number of methoxy groups -OCH3 is 1. The van der Waals surface area contributed by atoms with Crippen molar-refractivity contribution in [3.05, 3.63) is 87.4 Å². The molecule has 1 amide bonds. The predicted molar refractivity (Wildman–Crippen MR) is 139 cm³/mol. The van der Waals surface area contributed by atoms with Gasteiger partial charge in [-0.2, -0.15) is 0 Å². The molecule has 3 aromatic carbocycles. The Morgan fingerprint density at radius 2 is 1.89 bits per heavy atom. The minimum atomic E-state index is -1.08. The molecule has 0 spiro atoms. The second-order valence-electron chi connectivity index (χ2n) is 10.2. The number of aryl methyl sites for hydroxylation is 1. The van der Waals surface area contributed by atoms with Crippen LogP contribution < -0.4 is 14.4 Å². The summed E-state index contributed by atoms with van der Waals surface area (Å²) in [6, 6.07) is 16.2. The number of benzene rings is 3. The molecule has 0 fully saturated rings. The molecule has 0 aromatic heterocycles. The number of carboxylic acids is 1. The summed E-state index contributed by atoms with van der Waals surface area (Å²) < 4.78 is 11.4. The van der Waals surface area contributed by atoms with E-state index in [1.54, 1.807) is 23.1 Å². The van der Waals surface area contributed by atoms with E-state index in [1.165, 1.54) is 13.2 Å². The van der Waals surface area contributed by atoms with E-state index in [0.29, 0.717) is 22.0 Å². The molecule has 7 heteroatoms. The zero-order chi connectivity index (χ0) is 25.8. The van der Waals surface area contributed by atoms with Crippen molar-refractivity contribution < 1.29 is 24.2 Å². The van der Waals surface area contributed by atoms with Crippen molar-refractivity contribution in [1.82, 2.24) is 0 Å². The maximum atomic E-state index is 14.2. The standard InChI is InChI=1S/C29H28ClNO5/c1-28(2)12-11-17-13-19(6-10-25(17)36-28)29(3)23-14-20(30)7-9-24(23)31(27(29)34)16-18-5-8-21(35-4)15-22(18)26(32)33/h5-10,13-15H,11-12,16H2,1-4H3,(H,32,33)/t29-/m0/s1. The first-order valence-electron chi connectivity index (χ1n) is 11.9. The van der Waals surface area contributed by atoms with Gasteiger partial charge < -0.3 is 19.5 Å². The van der Waals surface area contributed by atoms with Crippen LogP contribution >= 0.6 is 11.6 Å². The zero-order valence-electron chi connectivity index (χ0n) is 20.7. The Morgan fingerprint density at radius 1 is 1.11 bits per heavy atom. The van der Waals surface area contributed by atoms with Gasteiger partial charge in [0.1, 0.15) is 17.1 Å². The van der Waals surface area contributed by atoms with Crippen LogP contribution in [0.1, 0.15) is 59.8 Å². The van der Waals surface area contributed by atoms with Crippen LogP contribution in [0.25, 0.3) is 0 Å². The molecule has 2 aliphatic rings. The molecule has 1 N–H and O–H groups in total. The van der Waals surface area contributed by atoms with Crippen molar-refractivity contribution >= 4 is 29.2 Å². The summed E-state index contributed by atoms with van der Waals surface area (Å²) in [6.07, 6.45) is 1.75. The highest BCUT2D eigenvalue weighted by atomic mass is 35.5. The van der Waals surface area contributed by atoms with E-state index < -0.39 is 11.4 Å². The number of amides is 1. The number of fused-ring (bicyclic) bond motifs is 2. The summed E-state index contributed by atoms with van der Waals surface area (Å²) in [6.45, 7) is 6.17. The summed E-state index contributed by atoms with van der Waals surface area (Å²) >= 11 is 6.40. The highest BCUT2D eigenvalue weighted by molar-refractivity contribution is 6.31. The fourth-order valence-electron chi connectivity index (χ4n) is 5.23. The molecule has 186 valence electrons. The number of hydrogen-bond donors (Lipinski definition) is 1. The minimum absolute atomic E-state index is 0.0970. The van der Waals surface area contributed by atoms with Crippen LogP contribution in [-0.4, -0.2) is 29.7 Å². The second-order valence-corrected chi connectivity index (χ2v) is 10.6. The Morgan fingerprint density at radius 3 is 2.61 bits per heavy atom. The van der Waals surface area contributed by atoms with Gasteiger partial charge in [-0.05, 0) is 92.3 Å². The number of carbonyl (C=O) groups excluding carboxylic acids is 1. The largest absolute Gasteiger partial charge is 0.497 e. The Labute approximate surface area is 215 Å². The SMILES string of the molecule is COc1ccc(CN2C(=O)[C@@](C)(c3ccc4c(c3)CCC(C)(C)O4)c3cc(Cl)ccc32)c(C(=O)O)c1. The van der Waals surface area contributed by atoms with Crippen LogP contribution in [0.15, 0.2) is 54.6 Å². The van der Waals surface area contributed by atoms with Crippen LogP contribution in [0, 0.1) is 0 Å². The Balaban J connectivity index is 1.59. The average molecular weight is 506 g/mol. The van der Waals surface area contributed by atoms with E-state index in [2.05, 4.69) is 19.9 Å². The number of anilines is 1. The fourth-order valence-corrected chi connectivity index (χ4v) is 5.41. The topological polar surface area (TPSA) is 76.1 Å². The van der Waals surface area contributed by atoms with E-state index in [-0.39, 0.29) is 23.6 Å². The molecule has 3 aromatic rings. The third-order valence-electron chi connectivity index (χ3n) is 7.36. The molecule has 0 unspecified atom stereocenters. The first kappa shape index (κ1) is 24.2. The van der Waals surface area contributed by atoms with Gasteiger partial charge in [-0.3, -0.25) is 4.79 Å². The zero-order valence-corrected chi connectivity index (χ0v) is 21.5.